The smallest absolute Gasteiger partial charge is 0.205 e. The Balaban J connectivity index is 0.00000281. The molecule has 2 rings (SSSR count). The number of hydrogen-bond acceptors (Lipinski definition) is 6. The van der Waals surface area contributed by atoms with Crippen molar-refractivity contribution in [3.8, 4) is 17.2 Å². The number of hydrogen-bond donors (Lipinski definition) is 2. The lowest BCUT2D eigenvalue weighted by molar-refractivity contribution is 0.101. The molecule has 8 heteroatoms. The highest BCUT2D eigenvalue weighted by molar-refractivity contribution is 6.34. The lowest BCUT2D eigenvalue weighted by Crippen LogP contribution is -2.34. The van der Waals surface area contributed by atoms with Crippen LogP contribution in [-0.4, -0.2) is 39.2 Å². The molecule has 0 saturated carbocycles. The molecular weight excluding hydrogens is 459 g/mol. The highest BCUT2D eigenvalue weighted by Crippen LogP contribution is 2.48. The summed E-state index contributed by atoms with van der Waals surface area (Å²) in [5, 5.41) is 0.317. The van der Waals surface area contributed by atoms with Gasteiger partial charge in [0.1, 0.15) is 12.4 Å². The maximum absolute atomic E-state index is 13.2. The number of carbonyl (C=O) groups is 1. The van der Waals surface area contributed by atoms with Gasteiger partial charge in [-0.25, -0.2) is 4.39 Å². The lowest BCUT2D eigenvalue weighted by Gasteiger charge is -2.22. The molecule has 0 amide bonds. The quantitative estimate of drug-likeness (QED) is 0.199. The molecule has 1 unspecified atom stereocenters. The summed E-state index contributed by atoms with van der Waals surface area (Å²) >= 11 is 6.50. The molecule has 190 valence electrons. The molecule has 0 saturated heterocycles. The van der Waals surface area contributed by atoms with E-state index < -0.39 is 0 Å². The molecule has 0 bridgehead atoms. The molecular formula is C26H38ClFN2O4. The molecule has 2 N–H and O–H groups in total. The molecule has 2 aromatic rings. The Labute approximate surface area is 208 Å². The average molecular weight is 497 g/mol. The van der Waals surface area contributed by atoms with Crippen LogP contribution in [0.15, 0.2) is 24.3 Å². The van der Waals surface area contributed by atoms with Gasteiger partial charge in [0.15, 0.2) is 17.3 Å². The molecule has 0 aliphatic heterocycles. The highest BCUT2D eigenvalue weighted by Gasteiger charge is 2.27. The Morgan fingerprint density at radius 2 is 1.68 bits per heavy atom. The number of Topliss-reactive ketones (excluding diaryl/α,β-unsaturated/α-hetero) is 1. The predicted molar refractivity (Wildman–Crippen MR) is 136 cm³/mol. The van der Waals surface area contributed by atoms with Crippen LogP contribution in [0.25, 0.3) is 0 Å². The third-order valence-electron chi connectivity index (χ3n) is 5.11. The van der Waals surface area contributed by atoms with Crippen LogP contribution in [-0.2, 0) is 0 Å². The van der Waals surface area contributed by atoms with E-state index >= 15 is 0 Å². The van der Waals surface area contributed by atoms with Crippen molar-refractivity contribution >= 4 is 17.4 Å². The Kier molecular flexibility index (Phi) is 13.6. The van der Waals surface area contributed by atoms with E-state index in [1.165, 1.54) is 26.2 Å². The molecule has 0 fully saturated rings. The summed E-state index contributed by atoms with van der Waals surface area (Å²) in [5.41, 5.74) is 7.99. The standard InChI is InChI=1S/C24H32ClFN2O4.C2H6/c1-6-27-28-12-14-32-22-20(17(4)29)16(3)21(25)23(30-5)24(22)31-13-11-15(2)18-7-9-19(26)10-8-18;1-2/h7-10,15,27-28H,6,11-14H2,1-5H3;1-2H3. The molecule has 0 spiro atoms. The summed E-state index contributed by atoms with van der Waals surface area (Å²) in [6.07, 6.45) is 0.664. The van der Waals surface area contributed by atoms with Gasteiger partial charge in [-0.15, -0.1) is 0 Å². The van der Waals surface area contributed by atoms with Crippen LogP contribution >= 0.6 is 11.6 Å². The summed E-state index contributed by atoms with van der Waals surface area (Å²) in [6, 6.07) is 6.43. The zero-order valence-corrected chi connectivity index (χ0v) is 22.1. The largest absolute Gasteiger partial charge is 0.491 e. The van der Waals surface area contributed by atoms with Crippen LogP contribution in [0.5, 0.6) is 17.2 Å². The number of benzene rings is 2. The van der Waals surface area contributed by atoms with Gasteiger partial charge in [-0.05, 0) is 49.4 Å². The van der Waals surface area contributed by atoms with Crippen LogP contribution < -0.4 is 25.1 Å². The van der Waals surface area contributed by atoms with E-state index in [2.05, 4.69) is 10.9 Å². The van der Waals surface area contributed by atoms with E-state index in [-0.39, 0.29) is 17.5 Å². The molecule has 2 aromatic carbocycles. The summed E-state index contributed by atoms with van der Waals surface area (Å²) in [5.74, 6) is 0.665. The third kappa shape index (κ3) is 8.15. The van der Waals surface area contributed by atoms with Crippen molar-refractivity contribution < 1.29 is 23.4 Å². The van der Waals surface area contributed by atoms with Crippen molar-refractivity contribution in [1.29, 1.82) is 0 Å². The van der Waals surface area contributed by atoms with E-state index in [1.807, 2.05) is 27.7 Å². The van der Waals surface area contributed by atoms with Crippen molar-refractivity contribution in [2.24, 2.45) is 0 Å². The van der Waals surface area contributed by atoms with E-state index in [0.29, 0.717) is 59.6 Å². The van der Waals surface area contributed by atoms with Gasteiger partial charge in [0.25, 0.3) is 0 Å². The van der Waals surface area contributed by atoms with Gasteiger partial charge in [0.2, 0.25) is 5.75 Å². The maximum atomic E-state index is 13.2. The summed E-state index contributed by atoms with van der Waals surface area (Å²) in [6.45, 7) is 13.2. The third-order valence-corrected chi connectivity index (χ3v) is 5.57. The summed E-state index contributed by atoms with van der Waals surface area (Å²) in [7, 11) is 1.50. The van der Waals surface area contributed by atoms with Gasteiger partial charge in [0.05, 0.1) is 24.3 Å². The van der Waals surface area contributed by atoms with Gasteiger partial charge in [-0.3, -0.25) is 15.6 Å². The van der Waals surface area contributed by atoms with Crippen molar-refractivity contribution in [2.75, 3.05) is 33.4 Å². The molecule has 0 aliphatic carbocycles. The van der Waals surface area contributed by atoms with E-state index in [1.54, 1.807) is 19.1 Å². The topological polar surface area (TPSA) is 68.8 Å². The normalized spacial score (nSPS) is 11.3. The van der Waals surface area contributed by atoms with Crippen molar-refractivity contribution in [3.05, 3.63) is 51.8 Å². The first-order valence-corrected chi connectivity index (χ1v) is 12.1. The monoisotopic (exact) mass is 496 g/mol. The number of carbonyl (C=O) groups excluding carboxylic acids is 1. The summed E-state index contributed by atoms with van der Waals surface area (Å²) < 4.78 is 30.8. The number of halogens is 2. The second kappa shape index (κ2) is 15.5. The Hall–Kier alpha value is -2.35. The van der Waals surface area contributed by atoms with E-state index in [9.17, 15) is 9.18 Å². The van der Waals surface area contributed by atoms with Gasteiger partial charge < -0.3 is 14.2 Å². The zero-order chi connectivity index (χ0) is 25.7. The van der Waals surface area contributed by atoms with Crippen LogP contribution in [0.1, 0.15) is 68.4 Å². The van der Waals surface area contributed by atoms with Gasteiger partial charge in [-0.1, -0.05) is 51.4 Å². The Bertz CT molecular complexity index is 907. The molecule has 34 heavy (non-hydrogen) atoms. The fourth-order valence-corrected chi connectivity index (χ4v) is 3.61. The van der Waals surface area contributed by atoms with Crippen molar-refractivity contribution in [2.45, 2.75) is 53.9 Å². The number of hydrazine groups is 1. The first kappa shape index (κ1) is 29.7. The fourth-order valence-electron chi connectivity index (χ4n) is 3.35. The summed E-state index contributed by atoms with van der Waals surface area (Å²) in [4.78, 5) is 12.4. The highest BCUT2D eigenvalue weighted by atomic mass is 35.5. The lowest BCUT2D eigenvalue weighted by atomic mass is 9.98. The molecule has 0 radical (unpaired) electrons. The SMILES string of the molecule is CC.CCNNCCOc1c(OCCC(C)c2ccc(F)cc2)c(OC)c(Cl)c(C)c1C(C)=O. The number of methoxy groups -OCH3 is 1. The maximum Gasteiger partial charge on any atom is 0.205 e. The van der Waals surface area contributed by atoms with Crippen LogP contribution in [0.4, 0.5) is 4.39 Å². The van der Waals surface area contributed by atoms with E-state index in [4.69, 9.17) is 25.8 Å². The van der Waals surface area contributed by atoms with Crippen molar-refractivity contribution in [1.82, 2.24) is 10.9 Å². The molecule has 0 aliphatic rings. The fraction of sp³-hybridized carbons (Fsp3) is 0.500. The number of nitrogens with one attached hydrogen (secondary N) is 2. The van der Waals surface area contributed by atoms with Crippen LogP contribution in [0, 0.1) is 12.7 Å². The first-order valence-electron chi connectivity index (χ1n) is 11.7. The number of ketones is 1. The van der Waals surface area contributed by atoms with Crippen molar-refractivity contribution in [3.63, 3.8) is 0 Å². The minimum absolute atomic E-state index is 0.142. The van der Waals surface area contributed by atoms with Crippen LogP contribution in [0.2, 0.25) is 5.02 Å². The van der Waals surface area contributed by atoms with E-state index in [0.717, 1.165) is 12.1 Å². The Morgan fingerprint density at radius 3 is 2.24 bits per heavy atom. The second-order valence-corrected chi connectivity index (χ2v) is 7.83. The predicted octanol–water partition coefficient (Wildman–Crippen LogP) is 6.09. The molecule has 0 heterocycles. The van der Waals surface area contributed by atoms with Gasteiger partial charge in [0, 0.05) is 13.1 Å². The molecule has 1 atom stereocenters. The van der Waals surface area contributed by atoms with Crippen LogP contribution in [0.3, 0.4) is 0 Å². The Morgan fingerprint density at radius 1 is 1.06 bits per heavy atom. The zero-order valence-electron chi connectivity index (χ0n) is 21.3. The van der Waals surface area contributed by atoms with Gasteiger partial charge >= 0.3 is 0 Å². The molecule has 0 aromatic heterocycles. The molecule has 6 nitrogen and oxygen atoms in total. The second-order valence-electron chi connectivity index (χ2n) is 7.46. The minimum Gasteiger partial charge on any atom is -0.491 e. The minimum atomic E-state index is -0.265. The first-order chi connectivity index (χ1) is 16.3. The van der Waals surface area contributed by atoms with Gasteiger partial charge in [-0.2, -0.15) is 0 Å². The average Bonchev–Trinajstić information content (AvgIpc) is 2.83. The number of ether oxygens (including phenoxy) is 3. The number of rotatable bonds is 13.